The molecule has 114 valence electrons. The Morgan fingerprint density at radius 1 is 1.41 bits per heavy atom. The zero-order chi connectivity index (χ0) is 15.9. The molecule has 3 rings (SSSR count). The highest BCUT2D eigenvalue weighted by Crippen LogP contribution is 2.35. The standard InChI is InChI=1S/C16H16ClN3OS/c1-9(12-8-18-20(3)10(12)2)19-16(21)15-14(17)11-6-4-5-7-13(11)22-15/h4-9H,1-3H3,(H,19,21). The lowest BCUT2D eigenvalue weighted by Crippen LogP contribution is -2.26. The van der Waals surface area contributed by atoms with Gasteiger partial charge in [0.25, 0.3) is 5.91 Å². The zero-order valence-corrected chi connectivity index (χ0v) is 14.1. The minimum absolute atomic E-state index is 0.123. The number of nitrogens with one attached hydrogen (secondary N) is 1. The molecule has 1 aromatic carbocycles. The molecule has 0 saturated heterocycles. The van der Waals surface area contributed by atoms with E-state index >= 15 is 0 Å². The van der Waals surface area contributed by atoms with Crippen LogP contribution in [0.3, 0.4) is 0 Å². The molecule has 2 heterocycles. The van der Waals surface area contributed by atoms with Crippen molar-refractivity contribution in [2.45, 2.75) is 19.9 Å². The predicted molar refractivity (Wildman–Crippen MR) is 90.7 cm³/mol. The van der Waals surface area contributed by atoms with Crippen molar-refractivity contribution in [3.05, 3.63) is 51.6 Å². The fraction of sp³-hybridized carbons (Fsp3) is 0.250. The molecule has 0 bridgehead atoms. The number of benzene rings is 1. The van der Waals surface area contributed by atoms with E-state index in [9.17, 15) is 4.79 Å². The number of hydrogen-bond donors (Lipinski definition) is 1. The summed E-state index contributed by atoms with van der Waals surface area (Å²) in [5.41, 5.74) is 2.04. The smallest absolute Gasteiger partial charge is 0.263 e. The molecule has 0 spiro atoms. The molecule has 6 heteroatoms. The molecule has 1 atom stereocenters. The Morgan fingerprint density at radius 3 is 2.77 bits per heavy atom. The Kier molecular flexibility index (Phi) is 3.93. The van der Waals surface area contributed by atoms with E-state index in [-0.39, 0.29) is 11.9 Å². The molecule has 0 radical (unpaired) electrons. The first kappa shape index (κ1) is 15.1. The molecular formula is C16H16ClN3OS. The zero-order valence-electron chi connectivity index (χ0n) is 12.6. The molecule has 0 aliphatic carbocycles. The van der Waals surface area contributed by atoms with Gasteiger partial charge in [0, 0.05) is 28.4 Å². The maximum atomic E-state index is 12.5. The van der Waals surface area contributed by atoms with E-state index in [1.807, 2.05) is 45.2 Å². The molecule has 1 unspecified atom stereocenters. The van der Waals surface area contributed by atoms with Crippen LogP contribution < -0.4 is 5.32 Å². The van der Waals surface area contributed by atoms with E-state index < -0.39 is 0 Å². The fourth-order valence-electron chi connectivity index (χ4n) is 2.44. The van der Waals surface area contributed by atoms with Crippen LogP contribution in [-0.2, 0) is 7.05 Å². The van der Waals surface area contributed by atoms with Gasteiger partial charge in [-0.15, -0.1) is 11.3 Å². The second kappa shape index (κ2) is 5.74. The lowest BCUT2D eigenvalue weighted by Gasteiger charge is -2.13. The summed E-state index contributed by atoms with van der Waals surface area (Å²) in [6, 6.07) is 7.64. The van der Waals surface area contributed by atoms with E-state index in [4.69, 9.17) is 11.6 Å². The lowest BCUT2D eigenvalue weighted by atomic mass is 10.1. The summed E-state index contributed by atoms with van der Waals surface area (Å²) in [5, 5.41) is 8.66. The van der Waals surface area contributed by atoms with Crippen LogP contribution in [-0.4, -0.2) is 15.7 Å². The van der Waals surface area contributed by atoms with Gasteiger partial charge in [0.2, 0.25) is 0 Å². The number of thiophene rings is 1. The lowest BCUT2D eigenvalue weighted by molar-refractivity contribution is 0.0944. The van der Waals surface area contributed by atoms with Gasteiger partial charge in [-0.2, -0.15) is 5.10 Å². The summed E-state index contributed by atoms with van der Waals surface area (Å²) >= 11 is 7.76. The number of hydrogen-bond acceptors (Lipinski definition) is 3. The maximum absolute atomic E-state index is 12.5. The van der Waals surface area contributed by atoms with E-state index in [1.54, 1.807) is 10.9 Å². The first-order valence-electron chi connectivity index (χ1n) is 6.95. The molecule has 4 nitrogen and oxygen atoms in total. The Balaban J connectivity index is 1.87. The van der Waals surface area contributed by atoms with Gasteiger partial charge in [0.1, 0.15) is 4.88 Å². The first-order valence-corrected chi connectivity index (χ1v) is 8.15. The number of aromatic nitrogens is 2. The third kappa shape index (κ3) is 2.51. The third-order valence-corrected chi connectivity index (χ3v) is 5.50. The molecule has 1 amide bonds. The minimum Gasteiger partial charge on any atom is -0.345 e. The van der Waals surface area contributed by atoms with Crippen molar-refractivity contribution in [3.8, 4) is 0 Å². The van der Waals surface area contributed by atoms with Crippen LogP contribution in [0.1, 0.15) is 33.9 Å². The molecule has 2 aromatic heterocycles. The normalized spacial score (nSPS) is 12.5. The quantitative estimate of drug-likeness (QED) is 0.784. The molecule has 22 heavy (non-hydrogen) atoms. The van der Waals surface area contributed by atoms with E-state index in [1.165, 1.54) is 11.3 Å². The monoisotopic (exact) mass is 333 g/mol. The average Bonchev–Trinajstić information content (AvgIpc) is 3.01. The van der Waals surface area contributed by atoms with Gasteiger partial charge in [-0.25, -0.2) is 0 Å². The highest BCUT2D eigenvalue weighted by Gasteiger charge is 2.20. The Morgan fingerprint density at radius 2 is 2.14 bits per heavy atom. The van der Waals surface area contributed by atoms with Crippen LogP contribution in [0.5, 0.6) is 0 Å². The summed E-state index contributed by atoms with van der Waals surface area (Å²) in [6.07, 6.45) is 1.78. The van der Waals surface area contributed by atoms with Gasteiger partial charge in [-0.3, -0.25) is 9.48 Å². The number of carbonyl (C=O) groups excluding carboxylic acids is 1. The van der Waals surface area contributed by atoms with Crippen LogP contribution >= 0.6 is 22.9 Å². The SMILES string of the molecule is Cc1c(C(C)NC(=O)c2sc3ccccc3c2Cl)cnn1C. The summed E-state index contributed by atoms with van der Waals surface area (Å²) in [5.74, 6) is -0.151. The Hall–Kier alpha value is -1.85. The van der Waals surface area contributed by atoms with Crippen LogP contribution in [0.15, 0.2) is 30.5 Å². The van der Waals surface area contributed by atoms with Crippen LogP contribution in [0.4, 0.5) is 0 Å². The molecule has 0 saturated carbocycles. The van der Waals surface area contributed by atoms with E-state index in [2.05, 4.69) is 10.4 Å². The number of carbonyl (C=O) groups is 1. The minimum atomic E-state index is -0.151. The Bertz CT molecular complexity index is 852. The number of aryl methyl sites for hydroxylation is 1. The molecule has 0 fully saturated rings. The van der Waals surface area contributed by atoms with Gasteiger partial charge >= 0.3 is 0 Å². The van der Waals surface area contributed by atoms with Gasteiger partial charge in [-0.1, -0.05) is 29.8 Å². The van der Waals surface area contributed by atoms with Crippen LogP contribution in [0.25, 0.3) is 10.1 Å². The van der Waals surface area contributed by atoms with Gasteiger partial charge < -0.3 is 5.32 Å². The Labute approximate surface area is 137 Å². The first-order chi connectivity index (χ1) is 10.5. The summed E-state index contributed by atoms with van der Waals surface area (Å²) < 4.78 is 2.81. The fourth-order valence-corrected chi connectivity index (χ4v) is 3.86. The van der Waals surface area contributed by atoms with Crippen LogP contribution in [0, 0.1) is 6.92 Å². The van der Waals surface area contributed by atoms with Gasteiger partial charge in [-0.05, 0) is 19.9 Å². The van der Waals surface area contributed by atoms with E-state index in [0.717, 1.165) is 21.3 Å². The summed E-state index contributed by atoms with van der Waals surface area (Å²) in [6.45, 7) is 3.93. The van der Waals surface area contributed by atoms with Gasteiger partial charge in [0.05, 0.1) is 17.3 Å². The van der Waals surface area contributed by atoms with Gasteiger partial charge in [0.15, 0.2) is 0 Å². The topological polar surface area (TPSA) is 46.9 Å². The maximum Gasteiger partial charge on any atom is 0.263 e. The van der Waals surface area contributed by atoms with Crippen molar-refractivity contribution in [3.63, 3.8) is 0 Å². The average molecular weight is 334 g/mol. The molecular weight excluding hydrogens is 318 g/mol. The number of fused-ring (bicyclic) bond motifs is 1. The third-order valence-electron chi connectivity index (χ3n) is 3.83. The van der Waals surface area contributed by atoms with Crippen molar-refractivity contribution in [2.24, 2.45) is 7.05 Å². The number of rotatable bonds is 3. The predicted octanol–water partition coefficient (Wildman–Crippen LogP) is 4.09. The molecule has 1 N–H and O–H groups in total. The molecule has 3 aromatic rings. The van der Waals surface area contributed by atoms with Crippen molar-refractivity contribution >= 4 is 38.9 Å². The van der Waals surface area contributed by atoms with Crippen molar-refractivity contribution < 1.29 is 4.79 Å². The number of amides is 1. The molecule has 0 aliphatic heterocycles. The van der Waals surface area contributed by atoms with Crippen molar-refractivity contribution in [2.75, 3.05) is 0 Å². The number of halogens is 1. The summed E-state index contributed by atoms with van der Waals surface area (Å²) in [4.78, 5) is 13.1. The van der Waals surface area contributed by atoms with Crippen LogP contribution in [0.2, 0.25) is 5.02 Å². The largest absolute Gasteiger partial charge is 0.345 e. The molecule has 0 aliphatic rings. The highest BCUT2D eigenvalue weighted by atomic mass is 35.5. The van der Waals surface area contributed by atoms with Crippen molar-refractivity contribution in [1.29, 1.82) is 0 Å². The highest BCUT2D eigenvalue weighted by molar-refractivity contribution is 7.21. The second-order valence-corrected chi connectivity index (χ2v) is 6.68. The van der Waals surface area contributed by atoms with E-state index in [0.29, 0.717) is 9.90 Å². The second-order valence-electron chi connectivity index (χ2n) is 5.25. The number of nitrogens with zero attached hydrogens (tertiary/aromatic N) is 2. The summed E-state index contributed by atoms with van der Waals surface area (Å²) in [7, 11) is 1.89. The van der Waals surface area contributed by atoms with Crippen molar-refractivity contribution in [1.82, 2.24) is 15.1 Å².